The second-order valence-electron chi connectivity index (χ2n) is 4.01. The van der Waals surface area contributed by atoms with Crippen molar-refractivity contribution in [1.29, 1.82) is 0 Å². The molecule has 0 bridgehead atoms. The van der Waals surface area contributed by atoms with E-state index in [1.54, 1.807) is 0 Å². The molecular weight excluding hydrogens is 312 g/mol. The van der Waals surface area contributed by atoms with Gasteiger partial charge in [0.15, 0.2) is 0 Å². The van der Waals surface area contributed by atoms with Crippen molar-refractivity contribution in [2.24, 2.45) is 0 Å². The summed E-state index contributed by atoms with van der Waals surface area (Å²) in [6, 6.07) is 3.49. The molecule has 102 valence electrons. The van der Waals surface area contributed by atoms with Gasteiger partial charge in [-0.15, -0.1) is 0 Å². The number of rotatable bonds is 4. The van der Waals surface area contributed by atoms with Crippen LogP contribution in [0.15, 0.2) is 28.8 Å². The van der Waals surface area contributed by atoms with Gasteiger partial charge in [0, 0.05) is 17.1 Å². The lowest BCUT2D eigenvalue weighted by molar-refractivity contribution is -0.131. The Balaban J connectivity index is 2.60. The summed E-state index contributed by atoms with van der Waals surface area (Å²) in [5.74, 6) is -1.04. The maximum Gasteiger partial charge on any atom is 0.328 e. The molecule has 0 saturated heterocycles. The number of nitrogens with one attached hydrogen (secondary N) is 2. The Labute approximate surface area is 119 Å². The highest BCUT2D eigenvalue weighted by atomic mass is 79.9. The maximum absolute atomic E-state index is 11.6. The lowest BCUT2D eigenvalue weighted by Gasteiger charge is -2.12. The molecule has 0 aliphatic heterocycles. The Hall–Kier alpha value is -1.82. The third-order valence-electron chi connectivity index (χ3n) is 2.31. The topological polar surface area (TPSA) is 78.4 Å². The van der Waals surface area contributed by atoms with Crippen molar-refractivity contribution < 1.29 is 14.7 Å². The van der Waals surface area contributed by atoms with E-state index in [2.05, 4.69) is 26.6 Å². The van der Waals surface area contributed by atoms with Crippen molar-refractivity contribution >= 4 is 33.6 Å². The Kier molecular flexibility index (Phi) is 5.57. The number of carbonyl (C=O) groups is 2. The number of hydrogen-bond donors (Lipinski definition) is 3. The first-order chi connectivity index (χ1) is 8.90. The molecule has 0 heterocycles. The third kappa shape index (κ3) is 5.13. The van der Waals surface area contributed by atoms with Crippen LogP contribution in [0.1, 0.15) is 11.1 Å². The molecule has 1 aromatic carbocycles. The van der Waals surface area contributed by atoms with Crippen LogP contribution in [0.4, 0.5) is 10.5 Å². The fourth-order valence-electron chi connectivity index (χ4n) is 1.54. The minimum Gasteiger partial charge on any atom is -0.478 e. The summed E-state index contributed by atoms with van der Waals surface area (Å²) in [7, 11) is 0. The lowest BCUT2D eigenvalue weighted by Crippen LogP contribution is -2.29. The molecule has 19 heavy (non-hydrogen) atoms. The number of amides is 2. The molecule has 0 aromatic heterocycles. The van der Waals surface area contributed by atoms with Crippen LogP contribution in [0.3, 0.4) is 0 Å². The third-order valence-corrected chi connectivity index (χ3v) is 2.94. The van der Waals surface area contributed by atoms with Gasteiger partial charge in [-0.2, -0.15) is 0 Å². The highest BCUT2D eigenvalue weighted by Gasteiger charge is 2.08. The first kappa shape index (κ1) is 15.2. The van der Waals surface area contributed by atoms with E-state index in [1.807, 2.05) is 26.0 Å². The highest BCUT2D eigenvalue weighted by molar-refractivity contribution is 9.10. The van der Waals surface area contributed by atoms with E-state index in [0.717, 1.165) is 21.7 Å². The van der Waals surface area contributed by atoms with Gasteiger partial charge in [0.25, 0.3) is 0 Å². The van der Waals surface area contributed by atoms with E-state index in [4.69, 9.17) is 5.11 Å². The Morgan fingerprint density at radius 3 is 2.63 bits per heavy atom. The minimum absolute atomic E-state index is 0.153. The van der Waals surface area contributed by atoms with Gasteiger partial charge in [0.1, 0.15) is 0 Å². The zero-order valence-corrected chi connectivity index (χ0v) is 12.2. The number of aryl methyl sites for hydroxylation is 2. The summed E-state index contributed by atoms with van der Waals surface area (Å²) in [4.78, 5) is 21.9. The van der Waals surface area contributed by atoms with E-state index in [1.165, 1.54) is 6.08 Å². The molecule has 0 spiro atoms. The number of hydrogen-bond acceptors (Lipinski definition) is 2. The van der Waals surface area contributed by atoms with E-state index in [9.17, 15) is 9.59 Å². The quantitative estimate of drug-likeness (QED) is 0.744. The van der Waals surface area contributed by atoms with Crippen LogP contribution in [-0.2, 0) is 4.79 Å². The summed E-state index contributed by atoms with van der Waals surface area (Å²) in [5.41, 5.74) is 2.74. The van der Waals surface area contributed by atoms with Gasteiger partial charge in [0.2, 0.25) is 0 Å². The molecule has 0 aliphatic carbocycles. The van der Waals surface area contributed by atoms with Crippen molar-refractivity contribution in [3.63, 3.8) is 0 Å². The van der Waals surface area contributed by atoms with Gasteiger partial charge < -0.3 is 15.7 Å². The van der Waals surface area contributed by atoms with Gasteiger partial charge in [-0.25, -0.2) is 9.59 Å². The highest BCUT2D eigenvalue weighted by Crippen LogP contribution is 2.27. The average Bonchev–Trinajstić information content (AvgIpc) is 2.29. The summed E-state index contributed by atoms with van der Waals surface area (Å²) in [6.45, 7) is 4.02. The van der Waals surface area contributed by atoms with Crippen molar-refractivity contribution in [3.05, 3.63) is 39.9 Å². The largest absolute Gasteiger partial charge is 0.478 e. The summed E-state index contributed by atoms with van der Waals surface area (Å²) >= 11 is 3.39. The average molecular weight is 327 g/mol. The summed E-state index contributed by atoms with van der Waals surface area (Å²) < 4.78 is 0.807. The molecule has 5 nitrogen and oxygen atoms in total. The zero-order valence-electron chi connectivity index (χ0n) is 10.7. The van der Waals surface area contributed by atoms with Crippen LogP contribution in [0.5, 0.6) is 0 Å². The molecule has 0 atom stereocenters. The standard InChI is InChI=1S/C13H15BrN2O3/c1-8-6-9(2)12(10(14)7-8)16-13(19)15-5-3-4-11(17)18/h3-4,6-7H,5H2,1-2H3,(H,17,18)(H2,15,16,19)/b4-3+. The van der Waals surface area contributed by atoms with Gasteiger partial charge in [0.05, 0.1) is 5.69 Å². The van der Waals surface area contributed by atoms with Crippen molar-refractivity contribution in [2.75, 3.05) is 11.9 Å². The Morgan fingerprint density at radius 1 is 1.37 bits per heavy atom. The first-order valence-corrected chi connectivity index (χ1v) is 6.40. The SMILES string of the molecule is Cc1cc(C)c(NC(=O)NC/C=C/C(=O)O)c(Br)c1. The number of aliphatic carboxylic acids is 1. The normalized spacial score (nSPS) is 10.5. The Morgan fingerprint density at radius 2 is 2.05 bits per heavy atom. The molecule has 0 aliphatic rings. The van der Waals surface area contributed by atoms with Gasteiger partial charge >= 0.3 is 12.0 Å². The fourth-order valence-corrected chi connectivity index (χ4v) is 2.32. The number of anilines is 1. The minimum atomic E-state index is -1.04. The number of carboxylic acids is 1. The second-order valence-corrected chi connectivity index (χ2v) is 4.87. The number of benzene rings is 1. The Bertz CT molecular complexity index is 504. The number of halogens is 1. The van der Waals surface area contributed by atoms with Crippen molar-refractivity contribution in [2.45, 2.75) is 13.8 Å². The fraction of sp³-hybridized carbons (Fsp3) is 0.231. The number of carboxylic acid groups (broad SMARTS) is 1. The van der Waals surface area contributed by atoms with Crippen LogP contribution in [0, 0.1) is 13.8 Å². The van der Waals surface area contributed by atoms with Gasteiger partial charge in [-0.3, -0.25) is 0 Å². The van der Waals surface area contributed by atoms with E-state index in [0.29, 0.717) is 5.69 Å². The van der Waals surface area contributed by atoms with Gasteiger partial charge in [-0.05, 0) is 47.0 Å². The molecule has 0 radical (unpaired) electrons. The van der Waals surface area contributed by atoms with E-state index < -0.39 is 5.97 Å². The van der Waals surface area contributed by atoms with Crippen LogP contribution < -0.4 is 10.6 Å². The lowest BCUT2D eigenvalue weighted by atomic mass is 10.1. The molecule has 0 fully saturated rings. The molecule has 6 heteroatoms. The molecule has 3 N–H and O–H groups in total. The summed E-state index contributed by atoms with van der Waals surface area (Å²) in [6.07, 6.45) is 2.34. The van der Waals surface area contributed by atoms with Crippen molar-refractivity contribution in [1.82, 2.24) is 5.32 Å². The predicted octanol–water partition coefficient (Wildman–Crippen LogP) is 2.83. The second kappa shape index (κ2) is 6.94. The maximum atomic E-state index is 11.6. The smallest absolute Gasteiger partial charge is 0.328 e. The molecule has 2 amide bonds. The monoisotopic (exact) mass is 326 g/mol. The molecule has 1 aromatic rings. The summed E-state index contributed by atoms with van der Waals surface area (Å²) in [5, 5.41) is 13.6. The molecule has 0 unspecified atom stereocenters. The van der Waals surface area contributed by atoms with Crippen LogP contribution in [0.2, 0.25) is 0 Å². The number of carbonyl (C=O) groups excluding carboxylic acids is 1. The molecular formula is C13H15BrN2O3. The first-order valence-electron chi connectivity index (χ1n) is 5.61. The predicted molar refractivity (Wildman–Crippen MR) is 77.4 cm³/mol. The van der Waals surface area contributed by atoms with Gasteiger partial charge in [-0.1, -0.05) is 12.1 Å². The number of urea groups is 1. The molecule has 0 saturated carbocycles. The van der Waals surface area contributed by atoms with E-state index >= 15 is 0 Å². The zero-order chi connectivity index (χ0) is 14.4. The van der Waals surface area contributed by atoms with E-state index in [-0.39, 0.29) is 12.6 Å². The molecule has 1 rings (SSSR count). The van der Waals surface area contributed by atoms with Crippen LogP contribution >= 0.6 is 15.9 Å². The van der Waals surface area contributed by atoms with Crippen LogP contribution in [-0.4, -0.2) is 23.7 Å². The van der Waals surface area contributed by atoms with Crippen LogP contribution in [0.25, 0.3) is 0 Å². The van der Waals surface area contributed by atoms with Crippen molar-refractivity contribution in [3.8, 4) is 0 Å².